The largest absolute Gasteiger partial charge is 0.382 e. The minimum absolute atomic E-state index is 0.239. The van der Waals surface area contributed by atoms with E-state index in [0.717, 1.165) is 49.7 Å². The number of hydrogen-bond acceptors (Lipinski definition) is 4. The van der Waals surface area contributed by atoms with E-state index in [2.05, 4.69) is 69.2 Å². The van der Waals surface area contributed by atoms with Crippen molar-refractivity contribution in [3.8, 4) is 5.69 Å². The van der Waals surface area contributed by atoms with Crippen molar-refractivity contribution in [1.29, 1.82) is 0 Å². The Morgan fingerprint density at radius 3 is 2.54 bits per heavy atom. The fourth-order valence-corrected chi connectivity index (χ4v) is 5.72. The Labute approximate surface area is 200 Å². The minimum atomic E-state index is 0.239. The molecule has 6 nitrogen and oxygen atoms in total. The third-order valence-corrected chi connectivity index (χ3v) is 7.19. The molecule has 8 rings (SSSR count). The van der Waals surface area contributed by atoms with Gasteiger partial charge in [0.15, 0.2) is 0 Å². The molecule has 1 aliphatic heterocycles. The zero-order valence-electron chi connectivity index (χ0n) is 18.7. The molecule has 6 heteroatoms. The third-order valence-electron chi connectivity index (χ3n) is 7.19. The molecule has 6 heterocycles. The highest BCUT2D eigenvalue weighted by Crippen LogP contribution is 2.42. The quantitative estimate of drug-likeness (QED) is 0.372. The minimum Gasteiger partial charge on any atom is -0.382 e. The molecule has 0 bridgehead atoms. The lowest BCUT2D eigenvalue weighted by molar-refractivity contribution is 0.648. The molecule has 2 aliphatic rings. The van der Waals surface area contributed by atoms with Gasteiger partial charge in [0, 0.05) is 52.9 Å². The molecule has 5 aromatic heterocycles. The van der Waals surface area contributed by atoms with Crippen LogP contribution in [0.4, 0.5) is 0 Å². The second kappa shape index (κ2) is 6.90. The van der Waals surface area contributed by atoms with Gasteiger partial charge in [-0.25, -0.2) is 9.97 Å². The summed E-state index contributed by atoms with van der Waals surface area (Å²) >= 11 is 0. The van der Waals surface area contributed by atoms with Gasteiger partial charge in [0.1, 0.15) is 11.3 Å². The lowest BCUT2D eigenvalue weighted by atomic mass is 9.95. The lowest BCUT2D eigenvalue weighted by Crippen LogP contribution is -2.25. The van der Waals surface area contributed by atoms with Crippen LogP contribution in [-0.2, 0) is 0 Å². The number of nitrogens with one attached hydrogen (secondary N) is 1. The van der Waals surface area contributed by atoms with Crippen LogP contribution < -0.4 is 5.32 Å². The maximum atomic E-state index is 5.00. The monoisotopic (exact) mass is 452 g/mol. The number of benzene rings is 1. The molecule has 2 atom stereocenters. The Balaban J connectivity index is 1.57. The van der Waals surface area contributed by atoms with E-state index in [1.54, 1.807) is 0 Å². The van der Waals surface area contributed by atoms with Crippen molar-refractivity contribution in [1.82, 2.24) is 29.4 Å². The number of allylic oxidation sites excluding steroid dienone is 2. The van der Waals surface area contributed by atoms with Gasteiger partial charge >= 0.3 is 0 Å². The van der Waals surface area contributed by atoms with E-state index >= 15 is 0 Å². The van der Waals surface area contributed by atoms with Crippen molar-refractivity contribution in [3.05, 3.63) is 104 Å². The van der Waals surface area contributed by atoms with Gasteiger partial charge in [0.25, 0.3) is 0 Å². The molecule has 0 saturated heterocycles. The van der Waals surface area contributed by atoms with Crippen molar-refractivity contribution >= 4 is 49.7 Å². The highest BCUT2D eigenvalue weighted by atomic mass is 15.1. The van der Waals surface area contributed by atoms with E-state index in [-0.39, 0.29) is 12.0 Å². The van der Waals surface area contributed by atoms with E-state index in [4.69, 9.17) is 15.0 Å². The van der Waals surface area contributed by atoms with E-state index < -0.39 is 0 Å². The average molecular weight is 453 g/mol. The van der Waals surface area contributed by atoms with Gasteiger partial charge in [-0.05, 0) is 36.4 Å². The summed E-state index contributed by atoms with van der Waals surface area (Å²) in [5.41, 5.74) is 7.20. The van der Waals surface area contributed by atoms with Gasteiger partial charge in [0.2, 0.25) is 0 Å². The molecule has 0 radical (unpaired) electrons. The summed E-state index contributed by atoms with van der Waals surface area (Å²) < 4.78 is 4.54. The third kappa shape index (κ3) is 2.45. The maximum Gasteiger partial charge on any atom is 0.148 e. The van der Waals surface area contributed by atoms with Crippen molar-refractivity contribution in [2.45, 2.75) is 6.04 Å². The van der Waals surface area contributed by atoms with Gasteiger partial charge in [-0.1, -0.05) is 42.5 Å². The molecular weight excluding hydrogens is 432 g/mol. The molecule has 6 aromatic rings. The van der Waals surface area contributed by atoms with E-state index in [1.807, 2.05) is 48.9 Å². The van der Waals surface area contributed by atoms with Gasteiger partial charge in [-0.3, -0.25) is 9.55 Å². The molecule has 0 saturated carbocycles. The highest BCUT2D eigenvalue weighted by Gasteiger charge is 2.31. The van der Waals surface area contributed by atoms with Crippen LogP contribution in [-0.4, -0.2) is 30.1 Å². The van der Waals surface area contributed by atoms with Crippen LogP contribution in [0.25, 0.3) is 55.4 Å². The Hall–Kier alpha value is -4.71. The SMILES string of the molecule is C1=CC2NC=C(n3c4cccnc4c4cnc5c(c6cccnc6n5-c5ccccc5)c43)C2C=C1. The fraction of sp³-hybridized carbons (Fsp3) is 0.0690. The second-order valence-corrected chi connectivity index (χ2v) is 9.03. The molecule has 0 amide bonds. The Kier molecular flexibility index (Phi) is 3.68. The number of pyridine rings is 3. The van der Waals surface area contributed by atoms with Crippen LogP contribution in [0.2, 0.25) is 0 Å². The standard InChI is InChI=1S/C29H20N6/c1-2-8-18(9-3-1)34-28-20(11-6-15-31-28)25-27-21(16-33-29(25)34)26-23(13-7-14-30-26)35(27)24-17-32-22-12-5-4-10-19(22)24/h1-17,19,22,32H. The summed E-state index contributed by atoms with van der Waals surface area (Å²) in [5.74, 6) is 0.239. The van der Waals surface area contributed by atoms with Crippen LogP contribution in [0.1, 0.15) is 0 Å². The first-order chi connectivity index (χ1) is 17.4. The van der Waals surface area contributed by atoms with Crippen LogP contribution in [0.3, 0.4) is 0 Å². The second-order valence-electron chi connectivity index (χ2n) is 9.03. The zero-order valence-corrected chi connectivity index (χ0v) is 18.7. The number of hydrogen-bond donors (Lipinski definition) is 1. The zero-order chi connectivity index (χ0) is 22.9. The molecule has 35 heavy (non-hydrogen) atoms. The van der Waals surface area contributed by atoms with Gasteiger partial charge in [0.05, 0.1) is 28.0 Å². The van der Waals surface area contributed by atoms with E-state index in [0.29, 0.717) is 0 Å². The van der Waals surface area contributed by atoms with Gasteiger partial charge < -0.3 is 9.88 Å². The summed E-state index contributed by atoms with van der Waals surface area (Å²) in [5, 5.41) is 6.78. The van der Waals surface area contributed by atoms with Gasteiger partial charge in [-0.15, -0.1) is 0 Å². The molecule has 1 N–H and O–H groups in total. The van der Waals surface area contributed by atoms with Gasteiger partial charge in [-0.2, -0.15) is 0 Å². The topological polar surface area (TPSA) is 60.6 Å². The van der Waals surface area contributed by atoms with E-state index in [9.17, 15) is 0 Å². The van der Waals surface area contributed by atoms with Crippen LogP contribution in [0.5, 0.6) is 0 Å². The van der Waals surface area contributed by atoms with Crippen molar-refractivity contribution in [2.24, 2.45) is 5.92 Å². The first-order valence-corrected chi connectivity index (χ1v) is 11.8. The summed E-state index contributed by atoms with van der Waals surface area (Å²) in [4.78, 5) is 14.6. The first-order valence-electron chi connectivity index (χ1n) is 11.8. The average Bonchev–Trinajstić information content (AvgIpc) is 3.59. The fourth-order valence-electron chi connectivity index (χ4n) is 5.72. The summed E-state index contributed by atoms with van der Waals surface area (Å²) in [6.07, 6.45) is 16.6. The molecular formula is C29H20N6. The predicted molar refractivity (Wildman–Crippen MR) is 140 cm³/mol. The smallest absolute Gasteiger partial charge is 0.148 e. The Morgan fingerprint density at radius 1 is 0.743 bits per heavy atom. The van der Waals surface area contributed by atoms with Crippen molar-refractivity contribution in [2.75, 3.05) is 0 Å². The number of para-hydroxylation sites is 1. The molecule has 1 aromatic carbocycles. The van der Waals surface area contributed by atoms with Crippen LogP contribution in [0.15, 0.2) is 104 Å². The number of nitrogens with zero attached hydrogens (tertiary/aromatic N) is 5. The molecule has 0 fully saturated rings. The van der Waals surface area contributed by atoms with Crippen LogP contribution in [0, 0.1) is 5.92 Å². The summed E-state index contributed by atoms with van der Waals surface area (Å²) in [6.45, 7) is 0. The first kappa shape index (κ1) is 18.7. The summed E-state index contributed by atoms with van der Waals surface area (Å²) in [6, 6.07) is 18.9. The molecule has 2 unspecified atom stereocenters. The molecule has 0 spiro atoms. The highest BCUT2D eigenvalue weighted by molar-refractivity contribution is 6.24. The maximum absolute atomic E-state index is 5.00. The van der Waals surface area contributed by atoms with E-state index in [1.165, 1.54) is 5.70 Å². The van der Waals surface area contributed by atoms with Crippen LogP contribution >= 0.6 is 0 Å². The molecule has 1 aliphatic carbocycles. The number of fused-ring (bicyclic) bond motifs is 8. The molecule has 166 valence electrons. The van der Waals surface area contributed by atoms with Crippen molar-refractivity contribution in [3.63, 3.8) is 0 Å². The number of rotatable bonds is 2. The summed E-state index contributed by atoms with van der Waals surface area (Å²) in [7, 11) is 0. The normalized spacial score (nSPS) is 19.0. The van der Waals surface area contributed by atoms with Crippen molar-refractivity contribution < 1.29 is 0 Å². The number of aromatic nitrogens is 5. The Morgan fingerprint density at radius 2 is 1.60 bits per heavy atom. The lowest BCUT2D eigenvalue weighted by Gasteiger charge is -2.20. The predicted octanol–water partition coefficient (Wildman–Crippen LogP) is 5.59. The Bertz CT molecular complexity index is 1890.